The number of fused-ring (bicyclic) bond motifs is 1. The molecular weight excluding hydrogens is 530 g/mol. The van der Waals surface area contributed by atoms with Crippen LogP contribution in [0.5, 0.6) is 5.75 Å². The van der Waals surface area contributed by atoms with Crippen molar-refractivity contribution in [2.24, 2.45) is 5.73 Å². The number of nitrogens with zero attached hydrogens (tertiary/aromatic N) is 7. The second kappa shape index (κ2) is 11.8. The lowest BCUT2D eigenvalue weighted by atomic mass is 9.73. The fourth-order valence-corrected chi connectivity index (χ4v) is 6.02. The van der Waals surface area contributed by atoms with E-state index in [0.29, 0.717) is 23.6 Å². The summed E-state index contributed by atoms with van der Waals surface area (Å²) in [5.74, 6) is 1.09. The van der Waals surface area contributed by atoms with Crippen molar-refractivity contribution in [2.75, 3.05) is 57.3 Å². The van der Waals surface area contributed by atoms with E-state index in [1.54, 1.807) is 16.9 Å². The van der Waals surface area contributed by atoms with Gasteiger partial charge in [0.2, 0.25) is 0 Å². The predicted octanol–water partition coefficient (Wildman–Crippen LogP) is 2.60. The summed E-state index contributed by atoms with van der Waals surface area (Å²) in [6.45, 7) is 9.22. The molecule has 2 aliphatic rings. The Balaban J connectivity index is 1.19. The van der Waals surface area contributed by atoms with Gasteiger partial charge in [-0.3, -0.25) is 14.7 Å². The quantitative estimate of drug-likeness (QED) is 0.330. The van der Waals surface area contributed by atoms with Crippen molar-refractivity contribution in [3.63, 3.8) is 0 Å². The Bertz CT molecular complexity index is 1610. The number of ether oxygens (including phenoxy) is 1. The average molecular weight is 566 g/mol. The first kappa shape index (κ1) is 27.6. The van der Waals surface area contributed by atoms with Crippen LogP contribution in [-0.4, -0.2) is 82.8 Å². The minimum absolute atomic E-state index is 0.193. The van der Waals surface area contributed by atoms with Crippen molar-refractivity contribution >= 4 is 17.2 Å². The number of anilines is 1. The molecule has 0 radical (unpaired) electrons. The highest BCUT2D eigenvalue weighted by Crippen LogP contribution is 2.38. The van der Waals surface area contributed by atoms with E-state index in [-0.39, 0.29) is 5.41 Å². The van der Waals surface area contributed by atoms with Crippen LogP contribution >= 0.6 is 0 Å². The Morgan fingerprint density at radius 3 is 2.67 bits per heavy atom. The van der Waals surface area contributed by atoms with Crippen LogP contribution in [0.4, 0.5) is 5.82 Å². The minimum atomic E-state index is -0.493. The van der Waals surface area contributed by atoms with E-state index in [1.807, 2.05) is 42.7 Å². The number of piperazine rings is 1. The van der Waals surface area contributed by atoms with Crippen LogP contribution in [0, 0.1) is 11.3 Å². The Labute approximate surface area is 244 Å². The number of amides is 1. The number of nitrogens with two attached hydrogens (primary N) is 1. The number of nitriles is 1. The van der Waals surface area contributed by atoms with Crippen molar-refractivity contribution in [1.29, 1.82) is 5.26 Å². The lowest BCUT2D eigenvalue weighted by molar-refractivity contribution is 0.0992. The number of carbonyl (C=O) groups excluding carboxylic acids is 1. The smallest absolute Gasteiger partial charge is 0.267 e. The third kappa shape index (κ3) is 5.51. The predicted molar refractivity (Wildman–Crippen MR) is 159 cm³/mol. The molecule has 0 aliphatic carbocycles. The molecule has 4 aromatic rings. The molecule has 0 spiro atoms. The van der Waals surface area contributed by atoms with Gasteiger partial charge in [-0.15, -0.1) is 0 Å². The first-order valence-electron chi connectivity index (χ1n) is 14.4. The molecule has 11 heteroatoms. The second-order valence-electron chi connectivity index (χ2n) is 11.2. The van der Waals surface area contributed by atoms with E-state index >= 15 is 0 Å². The van der Waals surface area contributed by atoms with Crippen LogP contribution in [0.3, 0.4) is 0 Å². The molecule has 1 amide bonds. The summed E-state index contributed by atoms with van der Waals surface area (Å²) >= 11 is 0. The van der Waals surface area contributed by atoms with Gasteiger partial charge in [-0.25, -0.2) is 9.50 Å². The lowest BCUT2D eigenvalue weighted by Crippen LogP contribution is -2.44. The van der Waals surface area contributed by atoms with Gasteiger partial charge in [-0.1, -0.05) is 13.0 Å². The molecule has 6 heterocycles. The Hall–Kier alpha value is -4.53. The molecule has 0 atom stereocenters. The fourth-order valence-electron chi connectivity index (χ4n) is 6.02. The molecule has 0 saturated carbocycles. The summed E-state index contributed by atoms with van der Waals surface area (Å²) in [5.41, 5.74) is 9.66. The molecule has 0 bridgehead atoms. The summed E-state index contributed by atoms with van der Waals surface area (Å²) in [4.78, 5) is 25.7. The van der Waals surface area contributed by atoms with Crippen LogP contribution in [0.15, 0.2) is 55.1 Å². The van der Waals surface area contributed by atoms with Gasteiger partial charge in [-0.2, -0.15) is 10.4 Å². The van der Waals surface area contributed by atoms with Crippen LogP contribution in [0.1, 0.15) is 41.4 Å². The summed E-state index contributed by atoms with van der Waals surface area (Å²) < 4.78 is 7.87. The van der Waals surface area contributed by atoms with E-state index in [4.69, 9.17) is 15.5 Å². The summed E-state index contributed by atoms with van der Waals surface area (Å²) in [5, 5.41) is 17.5. The molecule has 2 aliphatic heterocycles. The Kier molecular flexibility index (Phi) is 7.73. The Morgan fingerprint density at radius 2 is 1.95 bits per heavy atom. The van der Waals surface area contributed by atoms with Gasteiger partial charge in [0.25, 0.3) is 5.91 Å². The van der Waals surface area contributed by atoms with E-state index in [9.17, 15) is 10.1 Å². The number of carbonyl (C=O) groups is 1. The third-order valence-electron chi connectivity index (χ3n) is 8.53. The van der Waals surface area contributed by atoms with Gasteiger partial charge < -0.3 is 20.7 Å². The van der Waals surface area contributed by atoms with E-state index in [1.165, 1.54) is 0 Å². The molecule has 11 nitrogen and oxygen atoms in total. The number of nitrogens with one attached hydrogen (secondary N) is 1. The standard InChI is InChI=1S/C31H35N9O2/c1-31(26-3-2-8-35-28(26)30(33)41)6-11-39(12-7-31)27-5-4-22(19-36-27)25-17-24(21-40-29(25)23(18-32)20-37-40)42-16-15-38-13-9-34-10-14-38/h2-5,8,17,19-21,34H,6-7,9-16H2,1H3,(H2,33,41). The van der Waals surface area contributed by atoms with Gasteiger partial charge in [0, 0.05) is 69.3 Å². The summed E-state index contributed by atoms with van der Waals surface area (Å²) in [6.07, 6.45) is 8.57. The fraction of sp³-hybridized carbons (Fsp3) is 0.387. The van der Waals surface area contributed by atoms with Crippen molar-refractivity contribution in [3.8, 4) is 22.9 Å². The highest BCUT2D eigenvalue weighted by Gasteiger charge is 2.35. The Morgan fingerprint density at radius 1 is 1.14 bits per heavy atom. The first-order valence-corrected chi connectivity index (χ1v) is 14.4. The second-order valence-corrected chi connectivity index (χ2v) is 11.2. The number of aromatic nitrogens is 4. The first-order chi connectivity index (χ1) is 20.4. The number of primary amides is 1. The van der Waals surface area contributed by atoms with Gasteiger partial charge in [0.1, 0.15) is 29.9 Å². The maximum atomic E-state index is 12.0. The number of piperidine rings is 1. The number of pyridine rings is 3. The van der Waals surface area contributed by atoms with Crippen LogP contribution in [-0.2, 0) is 5.41 Å². The molecule has 216 valence electrons. The highest BCUT2D eigenvalue weighted by atomic mass is 16.5. The van der Waals surface area contributed by atoms with Gasteiger partial charge in [0.05, 0.1) is 23.5 Å². The lowest BCUT2D eigenvalue weighted by Gasteiger charge is -2.40. The number of rotatable bonds is 8. The van der Waals surface area contributed by atoms with E-state index < -0.39 is 5.91 Å². The van der Waals surface area contributed by atoms with Gasteiger partial charge >= 0.3 is 0 Å². The summed E-state index contributed by atoms with van der Waals surface area (Å²) in [7, 11) is 0. The molecule has 42 heavy (non-hydrogen) atoms. The van der Waals surface area contributed by atoms with Crippen molar-refractivity contribution in [3.05, 3.63) is 71.9 Å². The van der Waals surface area contributed by atoms with Crippen molar-refractivity contribution in [2.45, 2.75) is 25.2 Å². The molecular formula is C31H35N9O2. The average Bonchev–Trinajstić information content (AvgIpc) is 3.45. The normalized spacial score (nSPS) is 17.2. The summed E-state index contributed by atoms with van der Waals surface area (Å²) in [6, 6.07) is 12.1. The topological polar surface area (TPSA) is 138 Å². The minimum Gasteiger partial charge on any atom is -0.491 e. The largest absolute Gasteiger partial charge is 0.491 e. The molecule has 2 fully saturated rings. The van der Waals surface area contributed by atoms with Crippen LogP contribution in [0.25, 0.3) is 16.6 Å². The monoisotopic (exact) mass is 565 g/mol. The van der Waals surface area contributed by atoms with Gasteiger partial charge in [0.15, 0.2) is 0 Å². The molecule has 0 unspecified atom stereocenters. The maximum absolute atomic E-state index is 12.0. The molecule has 3 N–H and O–H groups in total. The number of hydrogen-bond acceptors (Lipinski definition) is 9. The van der Waals surface area contributed by atoms with Crippen molar-refractivity contribution in [1.82, 2.24) is 29.8 Å². The molecule has 2 saturated heterocycles. The SMILES string of the molecule is CC1(c2cccnc2C(N)=O)CCN(c2ccc(-c3cc(OCCN4CCNCC4)cn4ncc(C#N)c34)cn2)CC1. The highest BCUT2D eigenvalue weighted by molar-refractivity contribution is 5.92. The van der Waals surface area contributed by atoms with Crippen molar-refractivity contribution < 1.29 is 9.53 Å². The molecule has 6 rings (SSSR count). The zero-order valence-corrected chi connectivity index (χ0v) is 23.8. The maximum Gasteiger partial charge on any atom is 0.267 e. The molecule has 4 aromatic heterocycles. The van der Waals surface area contributed by atoms with E-state index in [2.05, 4.69) is 38.2 Å². The van der Waals surface area contributed by atoms with E-state index in [0.717, 1.165) is 86.7 Å². The molecule has 0 aromatic carbocycles. The third-order valence-corrected chi connectivity index (χ3v) is 8.53. The van der Waals surface area contributed by atoms with Gasteiger partial charge in [-0.05, 0) is 48.1 Å². The number of hydrogen-bond donors (Lipinski definition) is 2. The zero-order valence-electron chi connectivity index (χ0n) is 23.8. The van der Waals surface area contributed by atoms with Crippen LogP contribution < -0.4 is 20.7 Å². The zero-order chi connectivity index (χ0) is 29.1. The van der Waals surface area contributed by atoms with Crippen LogP contribution in [0.2, 0.25) is 0 Å².